The minimum Gasteiger partial charge on any atom is -0.352 e. The smallest absolute Gasteiger partial charge is 0.209 e. The Kier molecular flexibility index (Phi) is 3.06. The summed E-state index contributed by atoms with van der Waals surface area (Å²) in [5, 5.41) is 0.664. The number of carbonyl (C=O) groups is 1. The van der Waals surface area contributed by atoms with Gasteiger partial charge >= 0.3 is 0 Å². The van der Waals surface area contributed by atoms with Crippen LogP contribution in [0.1, 0.15) is 0 Å². The number of aromatic nitrogens is 1. The normalized spacial score (nSPS) is 16.6. The molecule has 2 rings (SSSR count). The van der Waals surface area contributed by atoms with Crippen LogP contribution in [0.3, 0.4) is 0 Å². The highest BCUT2D eigenvalue weighted by molar-refractivity contribution is 6.32. The summed E-state index contributed by atoms with van der Waals surface area (Å²) < 4.78 is 0. The van der Waals surface area contributed by atoms with Gasteiger partial charge in [-0.1, -0.05) is 11.6 Å². The van der Waals surface area contributed by atoms with Gasteiger partial charge in [-0.15, -0.1) is 0 Å². The van der Waals surface area contributed by atoms with E-state index in [0.29, 0.717) is 5.02 Å². The molecule has 2 heterocycles. The van der Waals surface area contributed by atoms with Crippen LogP contribution in [0.2, 0.25) is 5.02 Å². The Bertz CT molecular complexity index is 350. The minimum atomic E-state index is 0.664. The number of hydrogen-bond acceptors (Lipinski definition) is 3. The number of carbonyl (C=O) groups excluding carboxylic acids is 1. The van der Waals surface area contributed by atoms with E-state index >= 15 is 0 Å². The molecule has 0 spiro atoms. The summed E-state index contributed by atoms with van der Waals surface area (Å²) in [6.45, 7) is 3.04. The van der Waals surface area contributed by atoms with Crippen molar-refractivity contribution < 1.29 is 4.79 Å². The Hall–Kier alpha value is -1.29. The monoisotopic (exact) mass is 225 g/mol. The van der Waals surface area contributed by atoms with Gasteiger partial charge in [-0.2, -0.15) is 0 Å². The zero-order valence-electron chi connectivity index (χ0n) is 8.27. The Morgan fingerprint density at radius 1 is 1.33 bits per heavy atom. The van der Waals surface area contributed by atoms with Gasteiger partial charge in [0.05, 0.1) is 5.02 Å². The lowest BCUT2D eigenvalue weighted by atomic mass is 10.3. The molecule has 0 aliphatic carbocycles. The van der Waals surface area contributed by atoms with Crippen LogP contribution in [0.15, 0.2) is 18.3 Å². The number of anilines is 1. The standard InChI is InChI=1S/C10H12ClN3O/c11-9-2-1-3-12-10(9)14-6-4-13(8-15)5-7-14/h1-3,8H,4-7H2. The molecule has 0 bridgehead atoms. The highest BCUT2D eigenvalue weighted by Crippen LogP contribution is 2.22. The Labute approximate surface area is 93.5 Å². The van der Waals surface area contributed by atoms with E-state index < -0.39 is 0 Å². The second kappa shape index (κ2) is 4.49. The highest BCUT2D eigenvalue weighted by atomic mass is 35.5. The van der Waals surface area contributed by atoms with Crippen molar-refractivity contribution >= 4 is 23.8 Å². The molecule has 0 saturated carbocycles. The molecule has 1 aliphatic rings. The van der Waals surface area contributed by atoms with Gasteiger partial charge in [-0.05, 0) is 12.1 Å². The molecule has 0 atom stereocenters. The second-order valence-corrected chi connectivity index (χ2v) is 3.84. The number of halogens is 1. The zero-order valence-corrected chi connectivity index (χ0v) is 9.02. The van der Waals surface area contributed by atoms with Gasteiger partial charge in [0.2, 0.25) is 6.41 Å². The van der Waals surface area contributed by atoms with E-state index in [9.17, 15) is 4.79 Å². The first-order valence-electron chi connectivity index (χ1n) is 4.86. The molecule has 1 aliphatic heterocycles. The molecular weight excluding hydrogens is 214 g/mol. The van der Waals surface area contributed by atoms with Crippen molar-refractivity contribution in [3.8, 4) is 0 Å². The minimum absolute atomic E-state index is 0.664. The molecule has 0 unspecified atom stereocenters. The summed E-state index contributed by atoms with van der Waals surface area (Å²) >= 11 is 6.04. The van der Waals surface area contributed by atoms with Crippen LogP contribution in [0.5, 0.6) is 0 Å². The van der Waals surface area contributed by atoms with Crippen molar-refractivity contribution in [3.05, 3.63) is 23.4 Å². The highest BCUT2D eigenvalue weighted by Gasteiger charge is 2.18. The molecule has 0 radical (unpaired) electrons. The molecule has 1 aromatic heterocycles. The van der Waals surface area contributed by atoms with Gasteiger partial charge in [0.15, 0.2) is 0 Å². The van der Waals surface area contributed by atoms with Crippen LogP contribution < -0.4 is 4.90 Å². The second-order valence-electron chi connectivity index (χ2n) is 3.44. The Morgan fingerprint density at radius 2 is 2.07 bits per heavy atom. The van der Waals surface area contributed by atoms with E-state index in [4.69, 9.17) is 11.6 Å². The number of nitrogens with zero attached hydrogens (tertiary/aromatic N) is 3. The summed E-state index contributed by atoms with van der Waals surface area (Å²) in [5.41, 5.74) is 0. The third kappa shape index (κ3) is 2.21. The van der Waals surface area contributed by atoms with E-state index in [0.717, 1.165) is 38.4 Å². The topological polar surface area (TPSA) is 36.4 Å². The number of amides is 1. The van der Waals surface area contributed by atoms with Crippen molar-refractivity contribution in [1.29, 1.82) is 0 Å². The Balaban J connectivity index is 2.07. The average Bonchev–Trinajstić information content (AvgIpc) is 2.30. The molecule has 0 aromatic carbocycles. The number of rotatable bonds is 2. The maximum Gasteiger partial charge on any atom is 0.209 e. The fraction of sp³-hybridized carbons (Fsp3) is 0.400. The van der Waals surface area contributed by atoms with Gasteiger partial charge in [0.1, 0.15) is 5.82 Å². The molecule has 1 saturated heterocycles. The molecule has 0 N–H and O–H groups in total. The van der Waals surface area contributed by atoms with Gasteiger partial charge in [0.25, 0.3) is 0 Å². The predicted molar refractivity (Wildman–Crippen MR) is 59.1 cm³/mol. The largest absolute Gasteiger partial charge is 0.352 e. The number of pyridine rings is 1. The van der Waals surface area contributed by atoms with Crippen molar-refractivity contribution in [2.75, 3.05) is 31.1 Å². The van der Waals surface area contributed by atoms with Crippen LogP contribution in [0.4, 0.5) is 5.82 Å². The fourth-order valence-corrected chi connectivity index (χ4v) is 1.89. The number of hydrogen-bond donors (Lipinski definition) is 0. The van der Waals surface area contributed by atoms with Gasteiger partial charge < -0.3 is 9.80 Å². The molecule has 4 nitrogen and oxygen atoms in total. The van der Waals surface area contributed by atoms with E-state index in [1.807, 2.05) is 12.1 Å². The molecule has 1 aromatic rings. The first kappa shape index (κ1) is 10.2. The summed E-state index contributed by atoms with van der Waals surface area (Å²) in [7, 11) is 0. The van der Waals surface area contributed by atoms with E-state index in [1.54, 1.807) is 11.1 Å². The fourth-order valence-electron chi connectivity index (χ4n) is 1.65. The Morgan fingerprint density at radius 3 is 2.67 bits per heavy atom. The molecule has 1 amide bonds. The summed E-state index contributed by atoms with van der Waals surface area (Å²) in [4.78, 5) is 18.6. The van der Waals surface area contributed by atoms with E-state index in [1.165, 1.54) is 0 Å². The lowest BCUT2D eigenvalue weighted by Gasteiger charge is -2.33. The maximum atomic E-state index is 10.5. The van der Waals surface area contributed by atoms with Crippen molar-refractivity contribution in [1.82, 2.24) is 9.88 Å². The SMILES string of the molecule is O=CN1CCN(c2ncccc2Cl)CC1. The van der Waals surface area contributed by atoms with Crippen LogP contribution in [0, 0.1) is 0 Å². The zero-order chi connectivity index (χ0) is 10.7. The summed E-state index contributed by atoms with van der Waals surface area (Å²) in [6.07, 6.45) is 2.62. The molecule has 1 fully saturated rings. The average molecular weight is 226 g/mol. The number of piperazine rings is 1. The third-order valence-electron chi connectivity index (χ3n) is 2.50. The lowest BCUT2D eigenvalue weighted by molar-refractivity contribution is -0.118. The van der Waals surface area contributed by atoms with Gasteiger partial charge in [0, 0.05) is 32.4 Å². The third-order valence-corrected chi connectivity index (χ3v) is 2.80. The van der Waals surface area contributed by atoms with Gasteiger partial charge in [-0.3, -0.25) is 4.79 Å². The van der Waals surface area contributed by atoms with Crippen molar-refractivity contribution in [2.24, 2.45) is 0 Å². The van der Waals surface area contributed by atoms with Crippen molar-refractivity contribution in [2.45, 2.75) is 0 Å². The van der Waals surface area contributed by atoms with E-state index in [2.05, 4.69) is 9.88 Å². The molecule has 5 heteroatoms. The summed E-state index contributed by atoms with van der Waals surface area (Å²) in [6, 6.07) is 3.64. The van der Waals surface area contributed by atoms with E-state index in [-0.39, 0.29) is 0 Å². The maximum absolute atomic E-state index is 10.5. The molecule has 15 heavy (non-hydrogen) atoms. The van der Waals surface area contributed by atoms with Crippen LogP contribution in [-0.2, 0) is 4.79 Å². The van der Waals surface area contributed by atoms with Gasteiger partial charge in [-0.25, -0.2) is 4.98 Å². The molecule has 80 valence electrons. The predicted octanol–water partition coefficient (Wildman–Crippen LogP) is 1.01. The lowest BCUT2D eigenvalue weighted by Crippen LogP contribution is -2.46. The van der Waals surface area contributed by atoms with Crippen molar-refractivity contribution in [3.63, 3.8) is 0 Å². The van der Waals surface area contributed by atoms with Crippen LogP contribution in [0.25, 0.3) is 0 Å². The van der Waals surface area contributed by atoms with Crippen LogP contribution >= 0.6 is 11.6 Å². The molecular formula is C10H12ClN3O. The summed E-state index contributed by atoms with van der Waals surface area (Å²) in [5.74, 6) is 0.810. The van der Waals surface area contributed by atoms with Crippen LogP contribution in [-0.4, -0.2) is 42.5 Å². The first-order chi connectivity index (χ1) is 7.31. The first-order valence-corrected chi connectivity index (χ1v) is 5.24. The quantitative estimate of drug-likeness (QED) is 0.705.